The van der Waals surface area contributed by atoms with Gasteiger partial charge in [0.15, 0.2) is 0 Å². The minimum Gasteiger partial charge on any atom is -0.456 e. The summed E-state index contributed by atoms with van der Waals surface area (Å²) in [5.41, 5.74) is -0.451. The number of ether oxygens (including phenoxy) is 1. The fourth-order valence-corrected chi connectivity index (χ4v) is 1.85. The van der Waals surface area contributed by atoms with Gasteiger partial charge in [-0.25, -0.2) is 0 Å². The second-order valence-corrected chi connectivity index (χ2v) is 4.79. The van der Waals surface area contributed by atoms with Crippen LogP contribution in [-0.4, -0.2) is 0 Å². The van der Waals surface area contributed by atoms with Crippen LogP contribution < -0.4 is 4.74 Å². The van der Waals surface area contributed by atoms with Crippen molar-refractivity contribution in [2.75, 3.05) is 0 Å². The summed E-state index contributed by atoms with van der Waals surface area (Å²) in [7, 11) is 0. The van der Waals surface area contributed by atoms with Gasteiger partial charge in [0.1, 0.15) is 17.6 Å². The number of halogens is 4. The van der Waals surface area contributed by atoms with E-state index >= 15 is 0 Å². The molecule has 0 bridgehead atoms. The fourth-order valence-electron chi connectivity index (χ4n) is 1.51. The van der Waals surface area contributed by atoms with E-state index in [1.165, 1.54) is 12.1 Å². The molecule has 0 aromatic heterocycles. The van der Waals surface area contributed by atoms with Crippen LogP contribution in [0.4, 0.5) is 13.2 Å². The first kappa shape index (κ1) is 14.4. The third-order valence-electron chi connectivity index (χ3n) is 2.47. The van der Waals surface area contributed by atoms with Crippen molar-refractivity contribution in [1.82, 2.24) is 0 Å². The van der Waals surface area contributed by atoms with Crippen LogP contribution in [0.3, 0.4) is 0 Å². The zero-order valence-corrected chi connectivity index (χ0v) is 11.5. The van der Waals surface area contributed by atoms with Crippen LogP contribution in [0.5, 0.6) is 11.5 Å². The summed E-state index contributed by atoms with van der Waals surface area (Å²) < 4.78 is 43.4. The molecule has 0 atom stereocenters. The number of rotatable bonds is 2. The molecule has 2 aromatic rings. The highest BCUT2D eigenvalue weighted by Crippen LogP contribution is 2.32. The van der Waals surface area contributed by atoms with Gasteiger partial charge in [0.25, 0.3) is 0 Å². The highest BCUT2D eigenvalue weighted by Gasteiger charge is 2.30. The fraction of sp³-hybridized carbons (Fsp3) is 0.0714. The third kappa shape index (κ3) is 3.31. The highest BCUT2D eigenvalue weighted by molar-refractivity contribution is 9.10. The van der Waals surface area contributed by atoms with E-state index in [0.717, 1.165) is 12.1 Å². The Bertz CT molecular complexity index is 660. The van der Waals surface area contributed by atoms with Gasteiger partial charge >= 0.3 is 6.18 Å². The molecule has 0 spiro atoms. The van der Waals surface area contributed by atoms with E-state index in [2.05, 4.69) is 15.9 Å². The van der Waals surface area contributed by atoms with Gasteiger partial charge in [-0.15, -0.1) is 0 Å². The summed E-state index contributed by atoms with van der Waals surface area (Å²) in [6.07, 6.45) is -4.38. The van der Waals surface area contributed by atoms with Crippen LogP contribution >= 0.6 is 15.9 Å². The molecule has 0 amide bonds. The molecule has 0 fully saturated rings. The number of hydrogen-bond acceptors (Lipinski definition) is 2. The summed E-state index contributed by atoms with van der Waals surface area (Å²) in [5.74, 6) is 0.509. The van der Waals surface area contributed by atoms with Gasteiger partial charge in [0.2, 0.25) is 0 Å². The van der Waals surface area contributed by atoms with Crippen molar-refractivity contribution in [3.63, 3.8) is 0 Å². The predicted molar refractivity (Wildman–Crippen MR) is 70.4 cm³/mol. The molecule has 0 aliphatic rings. The number of hydrogen-bond donors (Lipinski definition) is 0. The average molecular weight is 342 g/mol. The van der Waals surface area contributed by atoms with E-state index in [4.69, 9.17) is 10.00 Å². The van der Waals surface area contributed by atoms with Crippen molar-refractivity contribution in [1.29, 1.82) is 5.26 Å². The Morgan fingerprint density at radius 2 is 1.70 bits per heavy atom. The molecule has 0 saturated heterocycles. The second kappa shape index (κ2) is 5.55. The van der Waals surface area contributed by atoms with E-state index in [9.17, 15) is 13.2 Å². The van der Waals surface area contributed by atoms with Gasteiger partial charge in [0, 0.05) is 4.47 Å². The Morgan fingerprint density at radius 1 is 1.05 bits per heavy atom. The zero-order valence-electron chi connectivity index (χ0n) is 9.91. The summed E-state index contributed by atoms with van der Waals surface area (Å²) in [6, 6.07) is 11.1. The maximum atomic E-state index is 12.4. The van der Waals surface area contributed by atoms with E-state index < -0.39 is 11.7 Å². The van der Waals surface area contributed by atoms with Crippen LogP contribution in [0.25, 0.3) is 0 Å². The van der Waals surface area contributed by atoms with Crippen molar-refractivity contribution >= 4 is 15.9 Å². The Balaban J connectivity index is 2.27. The molecule has 2 aromatic carbocycles. The average Bonchev–Trinajstić information content (AvgIpc) is 2.38. The van der Waals surface area contributed by atoms with Crippen molar-refractivity contribution in [3.8, 4) is 17.6 Å². The molecular formula is C14H7BrF3NO. The largest absolute Gasteiger partial charge is 0.456 e. The summed E-state index contributed by atoms with van der Waals surface area (Å²) in [4.78, 5) is 0. The molecule has 0 heterocycles. The van der Waals surface area contributed by atoms with E-state index in [0.29, 0.717) is 10.0 Å². The van der Waals surface area contributed by atoms with E-state index in [1.54, 1.807) is 18.2 Å². The van der Waals surface area contributed by atoms with Crippen molar-refractivity contribution in [2.45, 2.75) is 6.18 Å². The minimum absolute atomic E-state index is 0.229. The molecule has 0 saturated carbocycles. The number of nitriles is 1. The maximum absolute atomic E-state index is 12.4. The van der Waals surface area contributed by atoms with Crippen LogP contribution in [0.1, 0.15) is 11.1 Å². The van der Waals surface area contributed by atoms with Gasteiger partial charge in [-0.1, -0.05) is 15.9 Å². The lowest BCUT2D eigenvalue weighted by atomic mass is 10.2. The second-order valence-electron chi connectivity index (χ2n) is 3.88. The number of nitrogens with zero attached hydrogens (tertiary/aromatic N) is 1. The van der Waals surface area contributed by atoms with Crippen LogP contribution in [0.2, 0.25) is 0 Å². The minimum atomic E-state index is -4.38. The molecule has 102 valence electrons. The molecule has 2 rings (SSSR count). The molecule has 0 radical (unpaired) electrons. The molecule has 0 aliphatic carbocycles. The molecule has 0 aliphatic heterocycles. The SMILES string of the molecule is N#Cc1ccc(Br)cc1Oc1ccc(C(F)(F)F)cc1. The highest BCUT2D eigenvalue weighted by atomic mass is 79.9. The first-order valence-corrected chi connectivity index (χ1v) is 6.24. The van der Waals surface area contributed by atoms with Crippen molar-refractivity contribution in [2.24, 2.45) is 0 Å². The Hall–Kier alpha value is -2.00. The maximum Gasteiger partial charge on any atom is 0.416 e. The summed E-state index contributed by atoms with van der Waals surface area (Å²) in [6.45, 7) is 0. The lowest BCUT2D eigenvalue weighted by Gasteiger charge is -2.10. The van der Waals surface area contributed by atoms with Crippen LogP contribution in [-0.2, 0) is 6.18 Å². The Kier molecular flexibility index (Phi) is 4.00. The van der Waals surface area contributed by atoms with E-state index in [1.807, 2.05) is 6.07 Å². The van der Waals surface area contributed by atoms with Gasteiger partial charge in [-0.05, 0) is 42.5 Å². The summed E-state index contributed by atoms with van der Waals surface area (Å²) in [5, 5.41) is 8.94. The van der Waals surface area contributed by atoms with Crippen LogP contribution in [0.15, 0.2) is 46.9 Å². The molecule has 20 heavy (non-hydrogen) atoms. The molecular weight excluding hydrogens is 335 g/mol. The van der Waals surface area contributed by atoms with Crippen molar-refractivity contribution < 1.29 is 17.9 Å². The quantitative estimate of drug-likeness (QED) is 0.758. The molecule has 0 unspecified atom stereocenters. The van der Waals surface area contributed by atoms with E-state index in [-0.39, 0.29) is 11.5 Å². The molecule has 2 nitrogen and oxygen atoms in total. The zero-order chi connectivity index (χ0) is 14.8. The normalized spacial score (nSPS) is 10.9. The lowest BCUT2D eigenvalue weighted by molar-refractivity contribution is -0.137. The topological polar surface area (TPSA) is 33.0 Å². The molecule has 0 N–H and O–H groups in total. The third-order valence-corrected chi connectivity index (χ3v) is 2.97. The summed E-state index contributed by atoms with van der Waals surface area (Å²) >= 11 is 3.24. The number of benzene rings is 2. The van der Waals surface area contributed by atoms with Gasteiger partial charge < -0.3 is 4.74 Å². The lowest BCUT2D eigenvalue weighted by Crippen LogP contribution is -2.04. The van der Waals surface area contributed by atoms with Crippen LogP contribution in [0, 0.1) is 11.3 Å². The van der Waals surface area contributed by atoms with Gasteiger partial charge in [-0.2, -0.15) is 18.4 Å². The first-order valence-electron chi connectivity index (χ1n) is 5.45. The standard InChI is InChI=1S/C14H7BrF3NO/c15-11-4-1-9(8-19)13(7-11)20-12-5-2-10(3-6-12)14(16,17)18/h1-7H. The smallest absolute Gasteiger partial charge is 0.416 e. The number of alkyl halides is 3. The monoisotopic (exact) mass is 341 g/mol. The molecule has 6 heteroatoms. The van der Waals surface area contributed by atoms with Gasteiger partial charge in [-0.3, -0.25) is 0 Å². The first-order chi connectivity index (χ1) is 9.40. The predicted octanol–water partition coefficient (Wildman–Crippen LogP) is 5.13. The Labute approximate surface area is 121 Å². The van der Waals surface area contributed by atoms with Crippen molar-refractivity contribution in [3.05, 3.63) is 58.1 Å². The Morgan fingerprint density at radius 3 is 2.25 bits per heavy atom. The van der Waals surface area contributed by atoms with Gasteiger partial charge in [0.05, 0.1) is 11.1 Å².